The molecule has 33 heavy (non-hydrogen) atoms. The number of aryl methyl sites for hydroxylation is 1. The third-order valence-corrected chi connectivity index (χ3v) is 6.30. The summed E-state index contributed by atoms with van der Waals surface area (Å²) in [5.74, 6) is 2.42. The zero-order valence-corrected chi connectivity index (χ0v) is 19.1. The number of amides is 1. The number of hydrogen-bond acceptors (Lipinski definition) is 7. The van der Waals surface area contributed by atoms with Crippen molar-refractivity contribution >= 4 is 29.3 Å². The third kappa shape index (κ3) is 3.95. The van der Waals surface area contributed by atoms with Gasteiger partial charge in [0.1, 0.15) is 23.3 Å². The first kappa shape index (κ1) is 21.8. The van der Waals surface area contributed by atoms with Gasteiger partial charge in [-0.1, -0.05) is 0 Å². The Bertz CT molecular complexity index is 1200. The van der Waals surface area contributed by atoms with E-state index in [1.807, 2.05) is 19.1 Å². The van der Waals surface area contributed by atoms with Gasteiger partial charge in [-0.15, -0.1) is 12.4 Å². The first-order valence-electron chi connectivity index (χ1n) is 11.1. The lowest BCUT2D eigenvalue weighted by molar-refractivity contribution is 0.0941. The fourth-order valence-electron chi connectivity index (χ4n) is 4.41. The molecule has 2 fully saturated rings. The van der Waals surface area contributed by atoms with Crippen molar-refractivity contribution < 1.29 is 19.0 Å². The minimum Gasteiger partial charge on any atom is -0.492 e. The Kier molecular flexibility index (Phi) is 5.76. The average molecular weight is 472 g/mol. The van der Waals surface area contributed by atoms with Crippen LogP contribution < -0.4 is 24.8 Å². The van der Waals surface area contributed by atoms with Crippen LogP contribution in [0.4, 0.5) is 0 Å². The number of hydrogen-bond donors (Lipinski definition) is 3. The summed E-state index contributed by atoms with van der Waals surface area (Å²) in [7, 11) is 0. The number of fused-ring (bicyclic) bond motifs is 2. The molecule has 1 aromatic carbocycles. The zero-order chi connectivity index (χ0) is 21.7. The number of aromatic nitrogens is 3. The molecule has 1 saturated carbocycles. The highest BCUT2D eigenvalue weighted by molar-refractivity contribution is 6.09. The van der Waals surface area contributed by atoms with Crippen molar-refractivity contribution in [3.63, 3.8) is 0 Å². The zero-order valence-electron chi connectivity index (χ0n) is 18.3. The SMILES string of the molecule is Cc1[nH]c2c(-c3c(OCC4CC4)ccc4c3OCO4)ncnc2c1C(=O)N[C@@H]1CCNC1.Cl. The molecule has 9 nitrogen and oxygen atoms in total. The second kappa shape index (κ2) is 8.72. The molecule has 4 heterocycles. The van der Waals surface area contributed by atoms with Crippen LogP contribution in [0.15, 0.2) is 18.5 Å². The van der Waals surface area contributed by atoms with Crippen LogP contribution in [0.25, 0.3) is 22.3 Å². The van der Waals surface area contributed by atoms with Crippen molar-refractivity contribution in [2.75, 3.05) is 26.5 Å². The number of rotatable bonds is 6. The number of nitrogens with zero attached hydrogens (tertiary/aromatic N) is 2. The summed E-state index contributed by atoms with van der Waals surface area (Å²) in [6.07, 6.45) is 4.80. The molecule has 174 valence electrons. The number of ether oxygens (including phenoxy) is 3. The van der Waals surface area contributed by atoms with Gasteiger partial charge < -0.3 is 29.8 Å². The summed E-state index contributed by atoms with van der Waals surface area (Å²) in [6.45, 7) is 4.38. The average Bonchev–Trinajstić information content (AvgIpc) is 3.14. The quantitative estimate of drug-likeness (QED) is 0.507. The summed E-state index contributed by atoms with van der Waals surface area (Å²) in [4.78, 5) is 25.5. The van der Waals surface area contributed by atoms with Gasteiger partial charge in [-0.2, -0.15) is 0 Å². The summed E-state index contributed by atoms with van der Waals surface area (Å²) < 4.78 is 17.6. The Hall–Kier alpha value is -3.04. The van der Waals surface area contributed by atoms with Crippen LogP contribution in [0, 0.1) is 12.8 Å². The highest BCUT2D eigenvalue weighted by Gasteiger charge is 2.30. The molecule has 0 unspecified atom stereocenters. The van der Waals surface area contributed by atoms with Gasteiger partial charge in [0.05, 0.1) is 23.3 Å². The van der Waals surface area contributed by atoms with E-state index < -0.39 is 0 Å². The summed E-state index contributed by atoms with van der Waals surface area (Å²) >= 11 is 0. The van der Waals surface area contributed by atoms with Gasteiger partial charge >= 0.3 is 0 Å². The van der Waals surface area contributed by atoms with E-state index in [1.165, 1.54) is 19.2 Å². The van der Waals surface area contributed by atoms with E-state index >= 15 is 0 Å². The van der Waals surface area contributed by atoms with Gasteiger partial charge in [-0.05, 0) is 50.8 Å². The molecule has 2 aromatic heterocycles. The Morgan fingerprint density at radius 3 is 2.91 bits per heavy atom. The van der Waals surface area contributed by atoms with Gasteiger partial charge in [-0.25, -0.2) is 9.97 Å². The molecular weight excluding hydrogens is 446 g/mol. The van der Waals surface area contributed by atoms with E-state index in [2.05, 4.69) is 25.6 Å². The number of benzene rings is 1. The summed E-state index contributed by atoms with van der Waals surface area (Å²) in [5.41, 5.74) is 3.91. The molecular formula is C23H26ClN5O4. The highest BCUT2D eigenvalue weighted by atomic mass is 35.5. The maximum absolute atomic E-state index is 13.1. The monoisotopic (exact) mass is 471 g/mol. The van der Waals surface area contributed by atoms with Crippen LogP contribution in [0.5, 0.6) is 17.2 Å². The molecule has 3 aliphatic rings. The molecule has 0 spiro atoms. The maximum atomic E-state index is 13.1. The second-order valence-corrected chi connectivity index (χ2v) is 8.66. The number of aromatic amines is 1. The standard InChI is InChI=1S/C23H25N5O4.ClH/c1-12-17(23(29)28-14-6-7-24-8-14)19-21(27-12)20(26-10-25-19)18-15(30-9-13-2-3-13)4-5-16-22(18)32-11-31-16;/h4-5,10,13-14,24,27H,2-3,6-9,11H2,1H3,(H,28,29);1H/t14-;/m1./s1. The van der Waals surface area contributed by atoms with E-state index in [0.717, 1.165) is 30.8 Å². The van der Waals surface area contributed by atoms with Crippen molar-refractivity contribution in [3.8, 4) is 28.5 Å². The molecule has 1 amide bonds. The van der Waals surface area contributed by atoms with E-state index in [4.69, 9.17) is 14.2 Å². The first-order chi connectivity index (χ1) is 15.7. The molecule has 0 radical (unpaired) electrons. The first-order valence-corrected chi connectivity index (χ1v) is 11.1. The minimum atomic E-state index is -0.129. The van der Waals surface area contributed by atoms with Crippen molar-refractivity contribution in [2.24, 2.45) is 5.92 Å². The van der Waals surface area contributed by atoms with Crippen molar-refractivity contribution in [3.05, 3.63) is 29.7 Å². The lowest BCUT2D eigenvalue weighted by atomic mass is 10.1. The van der Waals surface area contributed by atoms with Crippen molar-refractivity contribution in [1.29, 1.82) is 0 Å². The Morgan fingerprint density at radius 2 is 2.12 bits per heavy atom. The maximum Gasteiger partial charge on any atom is 0.255 e. The molecule has 2 aliphatic heterocycles. The van der Waals surface area contributed by atoms with Crippen molar-refractivity contribution in [2.45, 2.75) is 32.2 Å². The third-order valence-electron chi connectivity index (χ3n) is 6.30. The summed E-state index contributed by atoms with van der Waals surface area (Å²) in [5, 5.41) is 6.39. The molecule has 3 aromatic rings. The van der Waals surface area contributed by atoms with Crippen LogP contribution in [-0.4, -0.2) is 53.4 Å². The smallest absolute Gasteiger partial charge is 0.255 e. The highest BCUT2D eigenvalue weighted by Crippen LogP contribution is 2.48. The van der Waals surface area contributed by atoms with Gasteiger partial charge in [0, 0.05) is 18.3 Å². The number of nitrogens with one attached hydrogen (secondary N) is 3. The normalized spacial score (nSPS) is 18.9. The molecule has 10 heteroatoms. The van der Waals surface area contributed by atoms with E-state index in [9.17, 15) is 4.79 Å². The van der Waals surface area contributed by atoms with Crippen LogP contribution in [-0.2, 0) is 0 Å². The van der Waals surface area contributed by atoms with Crippen LogP contribution >= 0.6 is 12.4 Å². The Balaban J connectivity index is 0.00000228. The fraction of sp³-hybridized carbons (Fsp3) is 0.435. The molecule has 6 rings (SSSR count). The van der Waals surface area contributed by atoms with Crippen LogP contribution in [0.2, 0.25) is 0 Å². The molecule has 3 N–H and O–H groups in total. The molecule has 0 bridgehead atoms. The van der Waals surface area contributed by atoms with Gasteiger partial charge in [-0.3, -0.25) is 4.79 Å². The summed E-state index contributed by atoms with van der Waals surface area (Å²) in [6, 6.07) is 3.88. The second-order valence-electron chi connectivity index (χ2n) is 8.66. The lowest BCUT2D eigenvalue weighted by Gasteiger charge is -2.14. The van der Waals surface area contributed by atoms with Crippen molar-refractivity contribution in [1.82, 2.24) is 25.6 Å². The number of carbonyl (C=O) groups is 1. The number of H-pyrrole nitrogens is 1. The molecule has 1 saturated heterocycles. The predicted octanol–water partition coefficient (Wildman–Crippen LogP) is 2.96. The minimum absolute atomic E-state index is 0. The van der Waals surface area contributed by atoms with E-state index in [-0.39, 0.29) is 31.1 Å². The fourth-order valence-corrected chi connectivity index (χ4v) is 4.41. The Morgan fingerprint density at radius 1 is 1.24 bits per heavy atom. The Labute approximate surface area is 197 Å². The predicted molar refractivity (Wildman–Crippen MR) is 124 cm³/mol. The topological polar surface area (TPSA) is 110 Å². The van der Waals surface area contributed by atoms with Gasteiger partial charge in [0.2, 0.25) is 6.79 Å². The van der Waals surface area contributed by atoms with E-state index in [1.54, 1.807) is 0 Å². The largest absolute Gasteiger partial charge is 0.492 e. The van der Waals surface area contributed by atoms with Gasteiger partial charge in [0.25, 0.3) is 5.91 Å². The molecule has 1 atom stereocenters. The van der Waals surface area contributed by atoms with E-state index in [0.29, 0.717) is 52.1 Å². The van der Waals surface area contributed by atoms with Crippen LogP contribution in [0.1, 0.15) is 35.3 Å². The van der Waals surface area contributed by atoms with Gasteiger partial charge in [0.15, 0.2) is 11.5 Å². The molecule has 1 aliphatic carbocycles. The van der Waals surface area contributed by atoms with Crippen LogP contribution in [0.3, 0.4) is 0 Å². The number of halogens is 1. The number of carbonyl (C=O) groups excluding carboxylic acids is 1. The lowest BCUT2D eigenvalue weighted by Crippen LogP contribution is -2.36.